The highest BCUT2D eigenvalue weighted by atomic mass is 35.5. The molecule has 0 spiro atoms. The summed E-state index contributed by atoms with van der Waals surface area (Å²) in [6.07, 6.45) is 2.49. The van der Waals surface area contributed by atoms with Gasteiger partial charge in [-0.15, -0.1) is 12.4 Å². The molecule has 2 atom stereocenters. The minimum absolute atomic E-state index is 0. The molecule has 0 saturated carbocycles. The van der Waals surface area contributed by atoms with Gasteiger partial charge in [-0.05, 0) is 38.3 Å². The van der Waals surface area contributed by atoms with Crippen LogP contribution in [0.25, 0.3) is 0 Å². The van der Waals surface area contributed by atoms with Crippen LogP contribution in [-0.4, -0.2) is 38.6 Å². The van der Waals surface area contributed by atoms with Crippen molar-refractivity contribution < 1.29 is 14.3 Å². The Morgan fingerprint density at radius 3 is 2.83 bits per heavy atom. The van der Waals surface area contributed by atoms with Crippen molar-refractivity contribution in [2.75, 3.05) is 26.7 Å². The van der Waals surface area contributed by atoms with E-state index in [0.717, 1.165) is 30.5 Å². The molecule has 5 nitrogen and oxygen atoms in total. The smallest absolute Gasteiger partial charge is 0.310 e. The lowest BCUT2D eigenvalue weighted by Gasteiger charge is -2.23. The van der Waals surface area contributed by atoms with Gasteiger partial charge in [-0.3, -0.25) is 9.59 Å². The third kappa shape index (κ3) is 6.13. The Labute approximate surface area is 149 Å². The molecule has 1 aliphatic rings. The van der Waals surface area contributed by atoms with Gasteiger partial charge < -0.3 is 15.4 Å². The first kappa shape index (κ1) is 20.5. The van der Waals surface area contributed by atoms with E-state index >= 15 is 0 Å². The van der Waals surface area contributed by atoms with Crippen molar-refractivity contribution in [2.24, 2.45) is 11.8 Å². The van der Waals surface area contributed by atoms with Gasteiger partial charge in [0.2, 0.25) is 5.91 Å². The van der Waals surface area contributed by atoms with Gasteiger partial charge in [0.15, 0.2) is 0 Å². The largest absolute Gasteiger partial charge is 0.469 e. The van der Waals surface area contributed by atoms with E-state index in [4.69, 9.17) is 4.74 Å². The van der Waals surface area contributed by atoms with Gasteiger partial charge in [0.05, 0.1) is 18.9 Å². The Hall–Kier alpha value is -1.59. The number of carbonyl (C=O) groups is 2. The number of nitrogens with one attached hydrogen (secondary N) is 2. The number of esters is 1. The Bertz CT molecular complexity index is 545. The standard InChI is InChI=1S/C18H26N2O3.ClH/c1-13-5-3-6-14(9-13)10-16(18(22)23-2)12-20-17(21)15-7-4-8-19-11-15;/h3,5-6,9,15-16,19H,4,7-8,10-12H2,1-2H3,(H,20,21);1H. The van der Waals surface area contributed by atoms with Crippen molar-refractivity contribution in [3.63, 3.8) is 0 Å². The van der Waals surface area contributed by atoms with E-state index < -0.39 is 0 Å². The summed E-state index contributed by atoms with van der Waals surface area (Å²) in [7, 11) is 1.39. The lowest BCUT2D eigenvalue weighted by molar-refractivity contribution is -0.145. The maximum atomic E-state index is 12.2. The van der Waals surface area contributed by atoms with Crippen molar-refractivity contribution in [3.05, 3.63) is 35.4 Å². The molecule has 1 aliphatic heterocycles. The second-order valence-corrected chi connectivity index (χ2v) is 6.20. The summed E-state index contributed by atoms with van der Waals surface area (Å²) in [4.78, 5) is 24.2. The van der Waals surface area contributed by atoms with Crippen molar-refractivity contribution in [3.8, 4) is 0 Å². The third-order valence-electron chi connectivity index (χ3n) is 4.29. The molecule has 134 valence electrons. The highest BCUT2D eigenvalue weighted by molar-refractivity contribution is 5.85. The molecule has 1 aromatic carbocycles. The predicted molar refractivity (Wildman–Crippen MR) is 96.2 cm³/mol. The lowest BCUT2D eigenvalue weighted by atomic mass is 9.96. The van der Waals surface area contributed by atoms with Crippen molar-refractivity contribution in [1.29, 1.82) is 0 Å². The number of halogens is 1. The minimum atomic E-state index is -0.359. The van der Waals surface area contributed by atoms with Crippen LogP contribution in [0.2, 0.25) is 0 Å². The van der Waals surface area contributed by atoms with Crippen LogP contribution in [-0.2, 0) is 20.7 Å². The first-order valence-corrected chi connectivity index (χ1v) is 8.22. The Morgan fingerprint density at radius 2 is 2.21 bits per heavy atom. The zero-order chi connectivity index (χ0) is 16.7. The molecule has 2 unspecified atom stereocenters. The fourth-order valence-corrected chi connectivity index (χ4v) is 2.97. The molecular weight excluding hydrogens is 328 g/mol. The van der Waals surface area contributed by atoms with Gasteiger partial charge in [0.25, 0.3) is 0 Å². The van der Waals surface area contributed by atoms with Crippen LogP contribution in [0.15, 0.2) is 24.3 Å². The van der Waals surface area contributed by atoms with Gasteiger partial charge in [-0.2, -0.15) is 0 Å². The monoisotopic (exact) mass is 354 g/mol. The molecular formula is C18H27ClN2O3. The molecule has 6 heteroatoms. The summed E-state index contributed by atoms with van der Waals surface area (Å²) in [5.74, 6) is -0.618. The van der Waals surface area contributed by atoms with Crippen LogP contribution in [0, 0.1) is 18.8 Å². The molecule has 0 aliphatic carbocycles. The minimum Gasteiger partial charge on any atom is -0.469 e. The first-order chi connectivity index (χ1) is 11.1. The zero-order valence-corrected chi connectivity index (χ0v) is 15.2. The van der Waals surface area contributed by atoms with E-state index in [-0.39, 0.29) is 36.1 Å². The fourth-order valence-electron chi connectivity index (χ4n) is 2.97. The number of aryl methyl sites for hydroxylation is 1. The molecule has 0 aromatic heterocycles. The van der Waals surface area contributed by atoms with Gasteiger partial charge in [-0.1, -0.05) is 29.8 Å². The third-order valence-corrected chi connectivity index (χ3v) is 4.29. The number of benzene rings is 1. The molecule has 1 fully saturated rings. The fraction of sp³-hybridized carbons (Fsp3) is 0.556. The molecule has 0 bridgehead atoms. The van der Waals surface area contributed by atoms with E-state index in [1.165, 1.54) is 7.11 Å². The number of carbonyl (C=O) groups excluding carboxylic acids is 2. The van der Waals surface area contributed by atoms with Crippen molar-refractivity contribution >= 4 is 24.3 Å². The second-order valence-electron chi connectivity index (χ2n) is 6.20. The molecule has 1 amide bonds. The van der Waals surface area contributed by atoms with E-state index in [9.17, 15) is 9.59 Å². The number of ether oxygens (including phenoxy) is 1. The highest BCUT2D eigenvalue weighted by Crippen LogP contribution is 2.13. The molecule has 1 saturated heterocycles. The zero-order valence-electron chi connectivity index (χ0n) is 14.3. The van der Waals surface area contributed by atoms with Crippen molar-refractivity contribution in [1.82, 2.24) is 10.6 Å². The summed E-state index contributed by atoms with van der Waals surface area (Å²) in [6.45, 7) is 4.03. The topological polar surface area (TPSA) is 67.4 Å². The van der Waals surface area contributed by atoms with Gasteiger partial charge >= 0.3 is 5.97 Å². The summed E-state index contributed by atoms with van der Waals surface area (Å²) in [5.41, 5.74) is 2.23. The van der Waals surface area contributed by atoms with Crippen LogP contribution < -0.4 is 10.6 Å². The van der Waals surface area contributed by atoms with Gasteiger partial charge in [0, 0.05) is 13.1 Å². The number of rotatable bonds is 6. The number of hydrogen-bond acceptors (Lipinski definition) is 4. The maximum absolute atomic E-state index is 12.2. The average molecular weight is 355 g/mol. The molecule has 1 heterocycles. The Balaban J connectivity index is 0.00000288. The van der Waals surface area contributed by atoms with Crippen LogP contribution in [0.1, 0.15) is 24.0 Å². The average Bonchev–Trinajstić information content (AvgIpc) is 2.58. The second kappa shape index (κ2) is 10.3. The quantitative estimate of drug-likeness (QED) is 0.765. The summed E-state index contributed by atoms with van der Waals surface area (Å²) < 4.78 is 4.89. The van der Waals surface area contributed by atoms with Gasteiger partial charge in [0.1, 0.15) is 0 Å². The highest BCUT2D eigenvalue weighted by Gasteiger charge is 2.24. The van der Waals surface area contributed by atoms with E-state index in [1.807, 2.05) is 25.1 Å². The van der Waals surface area contributed by atoms with E-state index in [2.05, 4.69) is 16.7 Å². The molecule has 0 radical (unpaired) electrons. The van der Waals surface area contributed by atoms with Crippen molar-refractivity contribution in [2.45, 2.75) is 26.2 Å². The van der Waals surface area contributed by atoms with Crippen LogP contribution in [0.3, 0.4) is 0 Å². The van der Waals surface area contributed by atoms with E-state index in [1.54, 1.807) is 0 Å². The Kier molecular flexibility index (Phi) is 8.79. The van der Waals surface area contributed by atoms with Gasteiger partial charge in [-0.25, -0.2) is 0 Å². The number of amides is 1. The Morgan fingerprint density at radius 1 is 1.42 bits per heavy atom. The lowest BCUT2D eigenvalue weighted by Crippen LogP contribution is -2.43. The molecule has 2 N–H and O–H groups in total. The number of piperidine rings is 1. The SMILES string of the molecule is COC(=O)C(CNC(=O)C1CCCNC1)Cc1cccc(C)c1.Cl. The van der Waals surface area contributed by atoms with Crippen LogP contribution >= 0.6 is 12.4 Å². The number of hydrogen-bond donors (Lipinski definition) is 2. The first-order valence-electron chi connectivity index (χ1n) is 8.22. The normalized spacial score (nSPS) is 18.2. The molecule has 2 rings (SSSR count). The predicted octanol–water partition coefficient (Wildman–Crippen LogP) is 1.86. The summed E-state index contributed by atoms with van der Waals surface area (Å²) in [5, 5.41) is 6.15. The van der Waals surface area contributed by atoms with E-state index in [0.29, 0.717) is 19.5 Å². The van der Waals surface area contributed by atoms with Crippen LogP contribution in [0.4, 0.5) is 0 Å². The number of methoxy groups -OCH3 is 1. The summed E-state index contributed by atoms with van der Waals surface area (Å²) in [6, 6.07) is 8.05. The maximum Gasteiger partial charge on any atom is 0.310 e. The molecule has 1 aromatic rings. The summed E-state index contributed by atoms with van der Waals surface area (Å²) >= 11 is 0. The van der Waals surface area contributed by atoms with Crippen LogP contribution in [0.5, 0.6) is 0 Å². The molecule has 24 heavy (non-hydrogen) atoms.